The van der Waals surface area contributed by atoms with Crippen LogP contribution in [0.5, 0.6) is 0 Å². The van der Waals surface area contributed by atoms with E-state index in [0.717, 1.165) is 22.3 Å². The van der Waals surface area contributed by atoms with Crippen molar-refractivity contribution >= 4 is 11.8 Å². The number of carbonyl (C=O) groups is 2. The van der Waals surface area contributed by atoms with Crippen LogP contribution in [0, 0.1) is 0 Å². The monoisotopic (exact) mass is 788 g/mol. The Morgan fingerprint density at radius 2 is 0.946 bits per heavy atom. The number of H-pyrrole nitrogens is 2. The summed E-state index contributed by atoms with van der Waals surface area (Å²) in [5.41, 5.74) is 4.51. The van der Waals surface area contributed by atoms with Gasteiger partial charge in [-0.1, -0.05) is 48.5 Å². The molecule has 2 aromatic heterocycles. The second kappa shape index (κ2) is 18.5. The van der Waals surface area contributed by atoms with E-state index in [1.807, 2.05) is 48.5 Å². The largest absolute Gasteiger partial charge is 0.389 e. The maximum absolute atomic E-state index is 13.2. The molecule has 4 aromatic rings. The predicted molar refractivity (Wildman–Crippen MR) is 196 cm³/mol. The van der Waals surface area contributed by atoms with Crippen molar-refractivity contribution in [2.75, 3.05) is 26.4 Å². The quantitative estimate of drug-likeness (QED) is 0.0896. The number of aromatic amines is 2. The van der Waals surface area contributed by atoms with Crippen molar-refractivity contribution in [2.45, 2.75) is 100 Å². The Labute approximate surface area is 320 Å². The molecule has 0 radical (unpaired) electrons. The number of nitrogens with zero attached hydrogens (tertiary/aromatic N) is 2. The number of rotatable bonds is 15. The number of benzene rings is 2. The summed E-state index contributed by atoms with van der Waals surface area (Å²) < 4.78 is 89.8. The van der Waals surface area contributed by atoms with Crippen LogP contribution in [-0.2, 0) is 19.1 Å². The highest BCUT2D eigenvalue weighted by molar-refractivity contribution is 5.78. The Morgan fingerprint density at radius 3 is 1.29 bits per heavy atom. The third kappa shape index (κ3) is 12.1. The third-order valence-corrected chi connectivity index (χ3v) is 10.3. The highest BCUT2D eigenvalue weighted by Crippen LogP contribution is 2.34. The molecule has 0 bridgehead atoms. The van der Waals surface area contributed by atoms with Crippen molar-refractivity contribution in [1.82, 2.24) is 30.6 Å². The van der Waals surface area contributed by atoms with Crippen LogP contribution in [0.3, 0.4) is 0 Å². The number of ether oxygens (including phenoxy) is 2. The molecule has 0 spiro atoms. The topological polar surface area (TPSA) is 134 Å². The SMILES string of the molecule is O=C(C[C@@H](CCC(F)(F)F)c1ncc(-c2ccc(-c3ccc(-c4cnc([C@H](CCC(F)(F)F)CC(=O)NC5CCOCC5)[nH]4)cc3)cc2)[nH]1)NC1CCOCC1. The van der Waals surface area contributed by atoms with Gasteiger partial charge in [-0.3, -0.25) is 9.59 Å². The molecule has 16 heteroatoms. The Hall–Kier alpha value is -4.70. The summed E-state index contributed by atoms with van der Waals surface area (Å²) in [6, 6.07) is 14.9. The second-order valence-electron chi connectivity index (χ2n) is 14.5. The minimum absolute atomic E-state index is 0.0645. The normalized spacial score (nSPS) is 17.0. The summed E-state index contributed by atoms with van der Waals surface area (Å²) >= 11 is 0. The number of hydrogen-bond donors (Lipinski definition) is 4. The maximum atomic E-state index is 13.2. The molecule has 2 aliphatic rings. The summed E-state index contributed by atoms with van der Waals surface area (Å²) in [7, 11) is 0. The Kier molecular flexibility index (Phi) is 13.5. The van der Waals surface area contributed by atoms with Crippen molar-refractivity contribution in [3.63, 3.8) is 0 Å². The van der Waals surface area contributed by atoms with E-state index in [9.17, 15) is 35.9 Å². The summed E-state index contributed by atoms with van der Waals surface area (Å²) in [5, 5.41) is 5.85. The molecule has 56 heavy (non-hydrogen) atoms. The van der Waals surface area contributed by atoms with Crippen LogP contribution in [0.1, 0.15) is 87.7 Å². The lowest BCUT2D eigenvalue weighted by molar-refractivity contribution is -0.138. The minimum Gasteiger partial charge on any atom is -0.381 e. The van der Waals surface area contributed by atoms with E-state index in [0.29, 0.717) is 75.1 Å². The zero-order valence-electron chi connectivity index (χ0n) is 30.8. The highest BCUT2D eigenvalue weighted by Gasteiger charge is 2.32. The van der Waals surface area contributed by atoms with Gasteiger partial charge in [-0.25, -0.2) is 9.97 Å². The number of amides is 2. The van der Waals surface area contributed by atoms with E-state index in [4.69, 9.17) is 9.47 Å². The molecule has 4 heterocycles. The van der Waals surface area contributed by atoms with Gasteiger partial charge in [-0.05, 0) is 60.8 Å². The van der Waals surface area contributed by atoms with Gasteiger partial charge < -0.3 is 30.1 Å². The zero-order valence-corrected chi connectivity index (χ0v) is 30.8. The van der Waals surface area contributed by atoms with Gasteiger partial charge in [0.25, 0.3) is 0 Å². The van der Waals surface area contributed by atoms with E-state index < -0.39 is 37.0 Å². The smallest absolute Gasteiger partial charge is 0.381 e. The molecule has 2 aromatic carbocycles. The summed E-state index contributed by atoms with van der Waals surface area (Å²) in [5.74, 6) is -1.50. The first kappa shape index (κ1) is 40.9. The fourth-order valence-corrected chi connectivity index (χ4v) is 7.12. The van der Waals surface area contributed by atoms with Crippen molar-refractivity contribution in [3.05, 3.63) is 72.6 Å². The molecule has 2 amide bonds. The Bertz CT molecular complexity index is 1730. The summed E-state index contributed by atoms with van der Waals surface area (Å²) in [6.07, 6.45) is -5.86. The van der Waals surface area contributed by atoms with Gasteiger partial charge >= 0.3 is 12.4 Å². The summed E-state index contributed by atoms with van der Waals surface area (Å²) in [6.45, 7) is 2.11. The van der Waals surface area contributed by atoms with Crippen LogP contribution < -0.4 is 10.6 Å². The van der Waals surface area contributed by atoms with E-state index in [1.165, 1.54) is 0 Å². The van der Waals surface area contributed by atoms with Crippen molar-refractivity contribution in [2.24, 2.45) is 0 Å². The van der Waals surface area contributed by atoms with Crippen LogP contribution in [0.4, 0.5) is 26.3 Å². The zero-order chi connectivity index (χ0) is 39.7. The number of imidazole rings is 2. The first-order valence-electron chi connectivity index (χ1n) is 19.0. The lowest BCUT2D eigenvalue weighted by atomic mass is 9.97. The van der Waals surface area contributed by atoms with Crippen molar-refractivity contribution in [3.8, 4) is 33.6 Å². The van der Waals surface area contributed by atoms with Crippen LogP contribution in [0.2, 0.25) is 0 Å². The maximum Gasteiger partial charge on any atom is 0.389 e. The molecule has 4 N–H and O–H groups in total. The minimum atomic E-state index is -4.37. The molecule has 0 aliphatic carbocycles. The molecule has 10 nitrogen and oxygen atoms in total. The van der Waals surface area contributed by atoms with Gasteiger partial charge in [0.15, 0.2) is 0 Å². The molecular weight excluding hydrogens is 742 g/mol. The molecule has 2 atom stereocenters. The average molecular weight is 789 g/mol. The summed E-state index contributed by atoms with van der Waals surface area (Å²) in [4.78, 5) is 40.7. The van der Waals surface area contributed by atoms with Gasteiger partial charge in [0, 0.05) is 76.0 Å². The molecule has 2 fully saturated rings. The standard InChI is InChI=1S/C40H46F6N6O4/c41-39(42,43)15-9-29(21-35(53)49-31-11-17-55-18-12-31)37-47-23-33(51-37)27-5-1-25(2-6-27)26-3-7-28(8-4-26)34-24-48-38(52-34)30(10-16-40(44,45)46)22-36(54)50-32-13-19-56-20-14-32/h1-8,23-24,29-32H,9-22H2,(H,47,51)(H,48,52)(H,49,53)(H,50,54)/t29-,30-/m1/s1. The number of aromatic nitrogens is 4. The molecule has 0 unspecified atom stereocenters. The third-order valence-electron chi connectivity index (χ3n) is 10.3. The van der Waals surface area contributed by atoms with Crippen molar-refractivity contribution in [1.29, 1.82) is 0 Å². The number of hydrogen-bond acceptors (Lipinski definition) is 6. The van der Waals surface area contributed by atoms with Crippen molar-refractivity contribution < 1.29 is 45.4 Å². The lowest BCUT2D eigenvalue weighted by Crippen LogP contribution is -2.39. The number of halogens is 6. The van der Waals surface area contributed by atoms with Gasteiger partial charge in [0.2, 0.25) is 11.8 Å². The Balaban J connectivity index is 1.10. The molecule has 2 saturated heterocycles. The van der Waals surface area contributed by atoms with Gasteiger partial charge in [-0.2, -0.15) is 26.3 Å². The highest BCUT2D eigenvalue weighted by atomic mass is 19.4. The van der Waals surface area contributed by atoms with Crippen LogP contribution >= 0.6 is 0 Å². The fourth-order valence-electron chi connectivity index (χ4n) is 7.12. The molecule has 2 aliphatic heterocycles. The van der Waals surface area contributed by atoms with Gasteiger partial charge in [0.1, 0.15) is 11.6 Å². The number of carbonyl (C=O) groups excluding carboxylic acids is 2. The molecule has 302 valence electrons. The average Bonchev–Trinajstić information content (AvgIpc) is 3.87. The van der Waals surface area contributed by atoms with E-state index >= 15 is 0 Å². The van der Waals surface area contributed by atoms with E-state index in [2.05, 4.69) is 30.6 Å². The number of nitrogens with one attached hydrogen (secondary N) is 4. The fraction of sp³-hybridized carbons (Fsp3) is 0.500. The van der Waals surface area contributed by atoms with Crippen LogP contribution in [0.15, 0.2) is 60.9 Å². The molecule has 0 saturated carbocycles. The van der Waals surface area contributed by atoms with E-state index in [-0.39, 0.29) is 49.6 Å². The Morgan fingerprint density at radius 1 is 0.607 bits per heavy atom. The number of alkyl halides is 6. The molecular formula is C40H46F6N6O4. The lowest BCUT2D eigenvalue weighted by Gasteiger charge is -2.24. The predicted octanol–water partition coefficient (Wildman–Crippen LogP) is 8.36. The van der Waals surface area contributed by atoms with Gasteiger partial charge in [0.05, 0.1) is 23.8 Å². The van der Waals surface area contributed by atoms with Crippen LogP contribution in [-0.4, -0.2) is 82.6 Å². The second-order valence-corrected chi connectivity index (χ2v) is 14.5. The first-order valence-corrected chi connectivity index (χ1v) is 19.0. The molecule has 6 rings (SSSR count). The van der Waals surface area contributed by atoms with E-state index in [1.54, 1.807) is 12.4 Å². The van der Waals surface area contributed by atoms with Crippen LogP contribution in [0.25, 0.3) is 33.6 Å². The first-order chi connectivity index (χ1) is 26.8. The van der Waals surface area contributed by atoms with Gasteiger partial charge in [-0.15, -0.1) is 0 Å².